The Labute approximate surface area is 401 Å². The van der Waals surface area contributed by atoms with Gasteiger partial charge >= 0.3 is 0 Å². The van der Waals surface area contributed by atoms with Gasteiger partial charge in [-0.25, -0.2) is 0 Å². The standard InChI is InChI=1S/C67H46N2/c1-2-12-63-67(68)61-36-32-54(52-26-23-43-13-3-6-16-47(43)38-52)42-64(61)69(63)57-33-29-46(30-34-57)50-19-11-20-51(37-50)53-31-35-60-62(41-53)66(56-28-25-45-15-5-8-18-49(45)40-56)59-22-10-9-21-58(59)65(60)55-27-24-44-14-4-7-17-48(44)39-55/h2-42H,68H2,1H3/b12-2-. The number of benzene rings is 12. The van der Waals surface area contributed by atoms with Gasteiger partial charge in [0.05, 0.1) is 16.9 Å². The van der Waals surface area contributed by atoms with Gasteiger partial charge in [-0.1, -0.05) is 194 Å². The number of hydrogen-bond donors (Lipinski definition) is 1. The highest BCUT2D eigenvalue weighted by Gasteiger charge is 2.20. The first-order valence-corrected chi connectivity index (χ1v) is 23.8. The second kappa shape index (κ2) is 16.4. The van der Waals surface area contributed by atoms with E-state index in [4.69, 9.17) is 5.73 Å². The van der Waals surface area contributed by atoms with Crippen molar-refractivity contribution in [2.24, 2.45) is 0 Å². The highest BCUT2D eigenvalue weighted by Crippen LogP contribution is 2.46. The number of nitrogen functional groups attached to an aromatic ring is 1. The molecule has 0 unspecified atom stereocenters. The lowest BCUT2D eigenvalue weighted by Crippen LogP contribution is -1.98. The van der Waals surface area contributed by atoms with Crippen LogP contribution in [0.1, 0.15) is 12.6 Å². The highest BCUT2D eigenvalue weighted by atomic mass is 15.0. The van der Waals surface area contributed by atoms with Gasteiger partial charge in [0, 0.05) is 11.1 Å². The van der Waals surface area contributed by atoms with Crippen LogP contribution in [0.5, 0.6) is 0 Å². The molecule has 13 aromatic rings. The Morgan fingerprint density at radius 1 is 0.319 bits per heavy atom. The third-order valence-corrected chi connectivity index (χ3v) is 14.2. The number of aromatic nitrogens is 1. The van der Waals surface area contributed by atoms with Crippen molar-refractivity contribution >= 4 is 76.5 Å². The molecule has 0 amide bonds. The van der Waals surface area contributed by atoms with Gasteiger partial charge in [-0.05, 0) is 171 Å². The van der Waals surface area contributed by atoms with Crippen molar-refractivity contribution in [3.05, 3.63) is 248 Å². The Bertz CT molecular complexity index is 4210. The molecule has 0 aliphatic heterocycles. The van der Waals surface area contributed by atoms with E-state index in [-0.39, 0.29) is 0 Å². The first kappa shape index (κ1) is 40.3. The summed E-state index contributed by atoms with van der Waals surface area (Å²) in [6, 6.07) is 86.9. The molecule has 0 aliphatic carbocycles. The van der Waals surface area contributed by atoms with E-state index in [1.54, 1.807) is 0 Å². The monoisotopic (exact) mass is 878 g/mol. The van der Waals surface area contributed by atoms with Crippen molar-refractivity contribution in [1.29, 1.82) is 0 Å². The summed E-state index contributed by atoms with van der Waals surface area (Å²) in [7, 11) is 0. The molecule has 0 aliphatic rings. The van der Waals surface area contributed by atoms with Gasteiger partial charge in [0.25, 0.3) is 0 Å². The fraction of sp³-hybridized carbons (Fsp3) is 0.0149. The highest BCUT2D eigenvalue weighted by molar-refractivity contribution is 6.22. The van der Waals surface area contributed by atoms with Crippen molar-refractivity contribution in [2.45, 2.75) is 6.92 Å². The van der Waals surface area contributed by atoms with E-state index in [9.17, 15) is 0 Å². The second-order valence-corrected chi connectivity index (χ2v) is 18.2. The fourth-order valence-corrected chi connectivity index (χ4v) is 10.8. The van der Waals surface area contributed by atoms with Crippen LogP contribution in [0, 0.1) is 0 Å². The summed E-state index contributed by atoms with van der Waals surface area (Å²) in [5.74, 6) is 0. The summed E-state index contributed by atoms with van der Waals surface area (Å²) < 4.78 is 2.30. The third kappa shape index (κ3) is 6.88. The molecule has 0 radical (unpaired) electrons. The molecule has 1 heterocycles. The van der Waals surface area contributed by atoms with Crippen LogP contribution < -0.4 is 5.73 Å². The Balaban J connectivity index is 0.930. The molecule has 0 saturated heterocycles. The minimum atomic E-state index is 0.779. The van der Waals surface area contributed by atoms with E-state index in [1.165, 1.54) is 92.8 Å². The van der Waals surface area contributed by atoms with Gasteiger partial charge in [-0.2, -0.15) is 0 Å². The number of rotatable bonds is 7. The zero-order valence-electron chi connectivity index (χ0n) is 38.2. The van der Waals surface area contributed by atoms with E-state index in [2.05, 4.69) is 253 Å². The van der Waals surface area contributed by atoms with Crippen molar-refractivity contribution in [3.63, 3.8) is 0 Å². The maximum Gasteiger partial charge on any atom is 0.0695 e. The van der Waals surface area contributed by atoms with Crippen LogP contribution >= 0.6 is 0 Å². The molecule has 13 rings (SSSR count). The SMILES string of the molecule is C/C=C\c1c(N)c2ccc(-c3ccc4ccccc4c3)cc2n1-c1ccc(-c2cccc(-c3ccc4c(-c5ccc6ccccc6c5)c5ccccc5c(-c5ccc6ccccc6c5)c4c3)c2)cc1. The number of hydrogen-bond acceptors (Lipinski definition) is 1. The molecule has 12 aromatic carbocycles. The molecule has 69 heavy (non-hydrogen) atoms. The molecule has 0 saturated carbocycles. The van der Waals surface area contributed by atoms with Gasteiger partial charge in [-0.3, -0.25) is 0 Å². The minimum absolute atomic E-state index is 0.779. The van der Waals surface area contributed by atoms with Crippen molar-refractivity contribution in [1.82, 2.24) is 4.57 Å². The van der Waals surface area contributed by atoms with Crippen molar-refractivity contribution in [3.8, 4) is 61.3 Å². The van der Waals surface area contributed by atoms with Gasteiger partial charge in [0.1, 0.15) is 0 Å². The first-order valence-electron chi connectivity index (χ1n) is 23.8. The molecule has 0 bridgehead atoms. The number of nitrogens with zero attached hydrogens (tertiary/aromatic N) is 1. The zero-order chi connectivity index (χ0) is 46.0. The largest absolute Gasteiger partial charge is 0.396 e. The van der Waals surface area contributed by atoms with Crippen LogP contribution in [0.25, 0.3) is 132 Å². The van der Waals surface area contributed by atoms with E-state index < -0.39 is 0 Å². The van der Waals surface area contributed by atoms with E-state index in [0.29, 0.717) is 0 Å². The lowest BCUT2D eigenvalue weighted by atomic mass is 9.84. The molecule has 0 atom stereocenters. The van der Waals surface area contributed by atoms with E-state index in [0.717, 1.165) is 44.7 Å². The molecule has 0 spiro atoms. The Morgan fingerprint density at radius 2 is 0.739 bits per heavy atom. The van der Waals surface area contributed by atoms with Crippen LogP contribution in [0.3, 0.4) is 0 Å². The van der Waals surface area contributed by atoms with Crippen LogP contribution in [0.15, 0.2) is 243 Å². The Hall–Kier alpha value is -8.98. The summed E-state index contributed by atoms with van der Waals surface area (Å²) in [5, 5.41) is 13.4. The predicted octanol–water partition coefficient (Wildman–Crippen LogP) is 18.3. The quantitative estimate of drug-likeness (QED) is 0.159. The second-order valence-electron chi connectivity index (χ2n) is 18.2. The summed E-state index contributed by atoms with van der Waals surface area (Å²) in [4.78, 5) is 0. The number of allylic oxidation sites excluding steroid dienone is 1. The average Bonchev–Trinajstić information content (AvgIpc) is 3.69. The van der Waals surface area contributed by atoms with Crippen molar-refractivity contribution < 1.29 is 0 Å². The number of nitrogens with two attached hydrogens (primary N) is 1. The lowest BCUT2D eigenvalue weighted by Gasteiger charge is -2.19. The summed E-state index contributed by atoms with van der Waals surface area (Å²) >= 11 is 0. The topological polar surface area (TPSA) is 30.9 Å². The molecule has 2 N–H and O–H groups in total. The van der Waals surface area contributed by atoms with Gasteiger partial charge in [0.2, 0.25) is 0 Å². The molecule has 2 heteroatoms. The van der Waals surface area contributed by atoms with Crippen LogP contribution in [0.2, 0.25) is 0 Å². The lowest BCUT2D eigenvalue weighted by molar-refractivity contribution is 1.11. The van der Waals surface area contributed by atoms with Crippen LogP contribution in [0.4, 0.5) is 5.69 Å². The third-order valence-electron chi connectivity index (χ3n) is 14.2. The Kier molecular flexibility index (Phi) is 9.59. The molecule has 1 aromatic heterocycles. The van der Waals surface area contributed by atoms with Crippen LogP contribution in [-0.4, -0.2) is 4.57 Å². The smallest absolute Gasteiger partial charge is 0.0695 e. The zero-order valence-corrected chi connectivity index (χ0v) is 38.2. The molecular formula is C67H46N2. The summed E-state index contributed by atoms with van der Waals surface area (Å²) in [6.45, 7) is 2.05. The molecular weight excluding hydrogens is 833 g/mol. The summed E-state index contributed by atoms with van der Waals surface area (Å²) in [6.07, 6.45) is 4.18. The minimum Gasteiger partial charge on any atom is -0.396 e. The molecule has 2 nitrogen and oxygen atoms in total. The van der Waals surface area contributed by atoms with Gasteiger partial charge in [0.15, 0.2) is 0 Å². The first-order chi connectivity index (χ1) is 34.1. The van der Waals surface area contributed by atoms with E-state index in [1.807, 2.05) is 6.92 Å². The number of fused-ring (bicyclic) bond motifs is 6. The molecule has 324 valence electrons. The normalized spacial score (nSPS) is 11.8. The van der Waals surface area contributed by atoms with Gasteiger partial charge < -0.3 is 10.3 Å². The maximum absolute atomic E-state index is 6.93. The van der Waals surface area contributed by atoms with Crippen molar-refractivity contribution in [2.75, 3.05) is 5.73 Å². The fourth-order valence-electron chi connectivity index (χ4n) is 10.8. The maximum atomic E-state index is 6.93. The van der Waals surface area contributed by atoms with E-state index >= 15 is 0 Å². The van der Waals surface area contributed by atoms with Crippen LogP contribution in [-0.2, 0) is 0 Å². The Morgan fingerprint density at radius 3 is 1.33 bits per heavy atom. The molecule has 0 fully saturated rings. The van der Waals surface area contributed by atoms with Gasteiger partial charge in [-0.15, -0.1) is 0 Å². The average molecular weight is 879 g/mol. The predicted molar refractivity (Wildman–Crippen MR) is 297 cm³/mol. The number of anilines is 1. The summed E-state index contributed by atoms with van der Waals surface area (Å²) in [5.41, 5.74) is 22.8.